The molecule has 0 aliphatic heterocycles. The number of fused-ring (bicyclic) bond motifs is 2. The zero-order valence-electron chi connectivity index (χ0n) is 14.9. The molecule has 0 spiro atoms. The third-order valence-electron chi connectivity index (χ3n) is 4.73. The molecule has 2 aromatic carbocycles. The van der Waals surface area contributed by atoms with E-state index in [4.69, 9.17) is 0 Å². The number of benzene rings is 2. The lowest BCUT2D eigenvalue weighted by atomic mass is 10.0. The number of halogens is 2. The van der Waals surface area contributed by atoms with Gasteiger partial charge in [0.2, 0.25) is 0 Å². The number of carbonyl (C=O) groups excluding carboxylic acids is 1. The molecule has 0 unspecified atom stereocenters. The van der Waals surface area contributed by atoms with E-state index in [9.17, 15) is 18.4 Å². The van der Waals surface area contributed by atoms with Gasteiger partial charge in [0.15, 0.2) is 11.6 Å². The normalized spacial score (nSPS) is 12.4. The first-order valence-electron chi connectivity index (χ1n) is 8.34. The summed E-state index contributed by atoms with van der Waals surface area (Å²) in [4.78, 5) is 30.5. The molecular formula is C19H14F2N4O2S. The zero-order chi connectivity index (χ0) is 20.0. The number of aromatic nitrogens is 3. The smallest absolute Gasteiger partial charge is 0.272 e. The highest BCUT2D eigenvalue weighted by molar-refractivity contribution is 7.16. The van der Waals surface area contributed by atoms with Gasteiger partial charge in [0.1, 0.15) is 0 Å². The lowest BCUT2D eigenvalue weighted by Gasteiger charge is -2.25. The van der Waals surface area contributed by atoms with Crippen molar-refractivity contribution in [3.8, 4) is 0 Å². The van der Waals surface area contributed by atoms with E-state index in [1.54, 1.807) is 37.7 Å². The van der Waals surface area contributed by atoms with Crippen LogP contribution in [-0.2, 0) is 0 Å². The van der Waals surface area contributed by atoms with Crippen molar-refractivity contribution < 1.29 is 13.6 Å². The van der Waals surface area contributed by atoms with Gasteiger partial charge in [-0.3, -0.25) is 9.59 Å². The molecule has 0 saturated carbocycles. The molecule has 1 N–H and O–H groups in total. The second-order valence-electron chi connectivity index (χ2n) is 6.38. The van der Waals surface area contributed by atoms with Crippen LogP contribution < -0.4 is 5.56 Å². The van der Waals surface area contributed by atoms with Crippen LogP contribution in [0, 0.1) is 11.6 Å². The Labute approximate surface area is 161 Å². The van der Waals surface area contributed by atoms with Crippen LogP contribution in [0.1, 0.15) is 29.0 Å². The molecule has 6 nitrogen and oxygen atoms in total. The average molecular weight is 400 g/mol. The van der Waals surface area contributed by atoms with Gasteiger partial charge in [-0.2, -0.15) is 5.10 Å². The first kappa shape index (κ1) is 18.2. The minimum atomic E-state index is -1.12. The summed E-state index contributed by atoms with van der Waals surface area (Å²) >= 11 is 1.43. The fourth-order valence-corrected chi connectivity index (χ4v) is 3.76. The fourth-order valence-electron chi connectivity index (χ4n) is 3.05. The van der Waals surface area contributed by atoms with Crippen LogP contribution in [0.4, 0.5) is 8.78 Å². The number of nitrogens with one attached hydrogen (secondary N) is 1. The van der Waals surface area contributed by atoms with E-state index in [1.165, 1.54) is 16.2 Å². The summed E-state index contributed by atoms with van der Waals surface area (Å²) in [7, 11) is 1.59. The quantitative estimate of drug-likeness (QED) is 0.569. The Morgan fingerprint density at radius 2 is 1.89 bits per heavy atom. The predicted molar refractivity (Wildman–Crippen MR) is 102 cm³/mol. The number of nitrogens with zero attached hydrogens (tertiary/aromatic N) is 3. The van der Waals surface area contributed by atoms with Crippen molar-refractivity contribution in [1.29, 1.82) is 0 Å². The molecule has 28 heavy (non-hydrogen) atoms. The van der Waals surface area contributed by atoms with E-state index < -0.39 is 23.2 Å². The molecule has 4 aromatic rings. The van der Waals surface area contributed by atoms with Crippen molar-refractivity contribution in [1.82, 2.24) is 20.1 Å². The van der Waals surface area contributed by atoms with Crippen LogP contribution in [0.15, 0.2) is 40.6 Å². The van der Waals surface area contributed by atoms with Gasteiger partial charge in [0, 0.05) is 18.0 Å². The second kappa shape index (κ2) is 6.75. The number of aromatic amines is 1. The van der Waals surface area contributed by atoms with Gasteiger partial charge in [0.05, 0.1) is 32.8 Å². The Balaban J connectivity index is 1.75. The number of H-pyrrole nitrogens is 1. The van der Waals surface area contributed by atoms with E-state index in [0.717, 1.165) is 22.3 Å². The first-order valence-corrected chi connectivity index (χ1v) is 9.22. The Bertz CT molecular complexity index is 1280. The standard InChI is InChI=1S/C19H14F2N4O2S/c1-9(17-11-6-13(20)14(21)7-12(11)18(26)24-23-17)25(2)19(27)10-3-4-15-16(5-10)28-8-22-15/h3-9H,1-2H3,(H,24,26)/t9-/m0/s1. The summed E-state index contributed by atoms with van der Waals surface area (Å²) < 4.78 is 28.2. The molecule has 0 radical (unpaired) electrons. The van der Waals surface area contributed by atoms with Gasteiger partial charge >= 0.3 is 0 Å². The van der Waals surface area contributed by atoms with Crippen molar-refractivity contribution in [2.75, 3.05) is 7.05 Å². The lowest BCUT2D eigenvalue weighted by molar-refractivity contribution is 0.0740. The van der Waals surface area contributed by atoms with E-state index in [0.29, 0.717) is 5.56 Å². The SMILES string of the molecule is C[C@@H](c1n[nH]c(=O)c2cc(F)c(F)cc12)N(C)C(=O)c1ccc2ncsc2c1. The van der Waals surface area contributed by atoms with Crippen LogP contribution in [0.2, 0.25) is 0 Å². The van der Waals surface area contributed by atoms with E-state index in [2.05, 4.69) is 15.2 Å². The van der Waals surface area contributed by atoms with E-state index >= 15 is 0 Å². The van der Waals surface area contributed by atoms with Crippen molar-refractivity contribution in [2.45, 2.75) is 13.0 Å². The minimum absolute atomic E-state index is 0.0253. The third-order valence-corrected chi connectivity index (χ3v) is 5.53. The fraction of sp³-hybridized carbons (Fsp3) is 0.158. The van der Waals surface area contributed by atoms with Crippen LogP contribution in [0.5, 0.6) is 0 Å². The number of carbonyl (C=O) groups is 1. The Morgan fingerprint density at radius 1 is 1.18 bits per heavy atom. The average Bonchev–Trinajstić information content (AvgIpc) is 3.16. The van der Waals surface area contributed by atoms with Crippen LogP contribution in [0.3, 0.4) is 0 Å². The molecule has 0 fully saturated rings. The maximum Gasteiger partial charge on any atom is 0.272 e. The number of hydrogen-bond donors (Lipinski definition) is 1. The summed E-state index contributed by atoms with van der Waals surface area (Å²) in [6, 6.07) is 6.37. The van der Waals surface area contributed by atoms with Crippen LogP contribution in [-0.4, -0.2) is 33.0 Å². The Kier molecular flexibility index (Phi) is 4.38. The maximum absolute atomic E-state index is 13.8. The molecule has 1 amide bonds. The van der Waals surface area contributed by atoms with Crippen LogP contribution in [0.25, 0.3) is 21.0 Å². The van der Waals surface area contributed by atoms with Crippen molar-refractivity contribution in [2.24, 2.45) is 0 Å². The molecule has 142 valence electrons. The van der Waals surface area contributed by atoms with Crippen molar-refractivity contribution in [3.63, 3.8) is 0 Å². The van der Waals surface area contributed by atoms with Gasteiger partial charge in [-0.05, 0) is 37.3 Å². The summed E-state index contributed by atoms with van der Waals surface area (Å²) in [6.45, 7) is 1.70. The lowest BCUT2D eigenvalue weighted by Crippen LogP contribution is -2.31. The summed E-state index contributed by atoms with van der Waals surface area (Å²) in [5, 5.41) is 6.41. The molecule has 2 aromatic heterocycles. The highest BCUT2D eigenvalue weighted by Gasteiger charge is 2.24. The van der Waals surface area contributed by atoms with Crippen LogP contribution >= 0.6 is 11.3 Å². The van der Waals surface area contributed by atoms with Gasteiger partial charge in [-0.1, -0.05) is 0 Å². The molecule has 0 aliphatic carbocycles. The summed E-state index contributed by atoms with van der Waals surface area (Å²) in [5.74, 6) is -2.48. The monoisotopic (exact) mass is 400 g/mol. The molecule has 9 heteroatoms. The summed E-state index contributed by atoms with van der Waals surface area (Å²) in [6.07, 6.45) is 0. The minimum Gasteiger partial charge on any atom is -0.333 e. The van der Waals surface area contributed by atoms with E-state index in [-0.39, 0.29) is 22.4 Å². The van der Waals surface area contributed by atoms with Crippen molar-refractivity contribution in [3.05, 3.63) is 69.1 Å². The highest BCUT2D eigenvalue weighted by Crippen LogP contribution is 2.27. The van der Waals surface area contributed by atoms with Gasteiger partial charge in [-0.15, -0.1) is 11.3 Å². The molecule has 4 rings (SSSR count). The Morgan fingerprint density at radius 3 is 2.64 bits per heavy atom. The Hall–Kier alpha value is -3.20. The predicted octanol–water partition coefficient (Wildman–Crippen LogP) is 3.64. The highest BCUT2D eigenvalue weighted by atomic mass is 32.1. The van der Waals surface area contributed by atoms with Gasteiger partial charge < -0.3 is 4.90 Å². The molecule has 0 aliphatic rings. The molecule has 0 saturated heterocycles. The topological polar surface area (TPSA) is 79.0 Å². The second-order valence-corrected chi connectivity index (χ2v) is 7.26. The first-order chi connectivity index (χ1) is 13.4. The zero-order valence-corrected chi connectivity index (χ0v) is 15.7. The molecule has 0 bridgehead atoms. The number of amides is 1. The van der Waals surface area contributed by atoms with E-state index in [1.807, 2.05) is 0 Å². The molecular weight excluding hydrogens is 386 g/mol. The molecule has 1 atom stereocenters. The largest absolute Gasteiger partial charge is 0.333 e. The third kappa shape index (κ3) is 2.93. The molecule has 2 heterocycles. The number of thiazole rings is 1. The van der Waals surface area contributed by atoms with Crippen molar-refractivity contribution >= 4 is 38.2 Å². The van der Waals surface area contributed by atoms with Gasteiger partial charge in [0.25, 0.3) is 11.5 Å². The number of hydrogen-bond acceptors (Lipinski definition) is 5. The van der Waals surface area contributed by atoms with Gasteiger partial charge in [-0.25, -0.2) is 18.9 Å². The number of rotatable bonds is 3. The maximum atomic E-state index is 13.8. The summed E-state index contributed by atoms with van der Waals surface area (Å²) in [5.41, 5.74) is 2.62.